The summed E-state index contributed by atoms with van der Waals surface area (Å²) in [5.74, 6) is 0.705. The van der Waals surface area contributed by atoms with Gasteiger partial charge in [-0.2, -0.15) is 0 Å². The minimum absolute atomic E-state index is 0.494. The van der Waals surface area contributed by atoms with Crippen LogP contribution in [0.1, 0.15) is 26.3 Å². The number of nitrogens with one attached hydrogen (secondary N) is 1. The van der Waals surface area contributed by atoms with E-state index >= 15 is 0 Å². The van der Waals surface area contributed by atoms with Crippen LogP contribution >= 0.6 is 31.9 Å². The molecule has 6 heteroatoms. The first-order chi connectivity index (χ1) is 9.31. The van der Waals surface area contributed by atoms with Gasteiger partial charge >= 0.3 is 0 Å². The monoisotopic (exact) mass is 406 g/mol. The average molecular weight is 408 g/mol. The van der Waals surface area contributed by atoms with Gasteiger partial charge < -0.3 is 15.8 Å². The van der Waals surface area contributed by atoms with Crippen LogP contribution < -0.4 is 15.8 Å². The van der Waals surface area contributed by atoms with Crippen LogP contribution in [-0.2, 0) is 11.3 Å². The summed E-state index contributed by atoms with van der Waals surface area (Å²) in [6, 6.07) is 3.95. The van der Waals surface area contributed by atoms with Gasteiger partial charge in [-0.3, -0.25) is 4.79 Å². The summed E-state index contributed by atoms with van der Waals surface area (Å²) in [7, 11) is 0. The van der Waals surface area contributed by atoms with E-state index in [-0.39, 0.29) is 0 Å². The summed E-state index contributed by atoms with van der Waals surface area (Å²) in [6.07, 6.45) is -0.674. The van der Waals surface area contributed by atoms with Gasteiger partial charge in [-0.15, -0.1) is 0 Å². The summed E-state index contributed by atoms with van der Waals surface area (Å²) >= 11 is 6.92. The van der Waals surface area contributed by atoms with Crippen molar-refractivity contribution in [2.75, 3.05) is 6.54 Å². The van der Waals surface area contributed by atoms with Crippen LogP contribution in [0.15, 0.2) is 21.1 Å². The molecule has 1 rings (SSSR count). The van der Waals surface area contributed by atoms with Gasteiger partial charge in [0.2, 0.25) is 0 Å². The topological polar surface area (TPSA) is 64.3 Å². The molecule has 1 amide bonds. The first-order valence-corrected chi connectivity index (χ1v) is 8.04. The van der Waals surface area contributed by atoms with Gasteiger partial charge in [0.15, 0.2) is 6.10 Å². The van der Waals surface area contributed by atoms with Gasteiger partial charge in [-0.25, -0.2) is 0 Å². The largest absolute Gasteiger partial charge is 0.479 e. The van der Waals surface area contributed by atoms with Gasteiger partial charge in [0, 0.05) is 6.54 Å². The van der Waals surface area contributed by atoms with E-state index in [1.165, 1.54) is 0 Å². The van der Waals surface area contributed by atoms with Crippen molar-refractivity contribution in [3.8, 4) is 5.75 Å². The van der Waals surface area contributed by atoms with Crippen molar-refractivity contribution in [1.29, 1.82) is 0 Å². The third-order valence-corrected chi connectivity index (χ3v) is 3.81. The maximum absolute atomic E-state index is 11.1. The zero-order valence-corrected chi connectivity index (χ0v) is 15.0. The summed E-state index contributed by atoms with van der Waals surface area (Å²) in [5, 5.41) is 3.38. The molecule has 20 heavy (non-hydrogen) atoms. The highest BCUT2D eigenvalue weighted by atomic mass is 79.9. The molecular weight excluding hydrogens is 388 g/mol. The Morgan fingerprint density at radius 1 is 1.30 bits per heavy atom. The molecule has 1 atom stereocenters. The fraction of sp³-hybridized carbons (Fsp3) is 0.500. The smallest absolute Gasteiger partial charge is 0.258 e. The minimum Gasteiger partial charge on any atom is -0.479 e. The molecule has 0 fully saturated rings. The molecule has 3 N–H and O–H groups in total. The highest BCUT2D eigenvalue weighted by Gasteiger charge is 2.15. The number of ether oxygens (including phenoxy) is 1. The number of primary amides is 1. The molecule has 0 spiro atoms. The fourth-order valence-corrected chi connectivity index (χ4v) is 3.04. The fourth-order valence-electron chi connectivity index (χ4n) is 1.57. The molecule has 112 valence electrons. The SMILES string of the molecule is CC(C)CNCc1cc(Br)c(OC(C)C(N)=O)c(Br)c1. The predicted octanol–water partition coefficient (Wildman–Crippen LogP) is 3.21. The number of halogens is 2. The van der Waals surface area contributed by atoms with Crippen molar-refractivity contribution < 1.29 is 9.53 Å². The van der Waals surface area contributed by atoms with E-state index in [2.05, 4.69) is 51.0 Å². The number of carbonyl (C=O) groups excluding carboxylic acids is 1. The Kier molecular flexibility index (Phi) is 6.99. The van der Waals surface area contributed by atoms with Crippen molar-refractivity contribution in [3.63, 3.8) is 0 Å². The molecule has 0 saturated heterocycles. The van der Waals surface area contributed by atoms with Crippen LogP contribution in [0.2, 0.25) is 0 Å². The third kappa shape index (κ3) is 5.42. The van der Waals surface area contributed by atoms with E-state index in [4.69, 9.17) is 10.5 Å². The number of hydrogen-bond donors (Lipinski definition) is 2. The molecule has 1 unspecified atom stereocenters. The van der Waals surface area contributed by atoms with E-state index < -0.39 is 12.0 Å². The highest BCUT2D eigenvalue weighted by Crippen LogP contribution is 2.35. The van der Waals surface area contributed by atoms with Crippen LogP contribution in [0.3, 0.4) is 0 Å². The van der Waals surface area contributed by atoms with Crippen LogP contribution in [0.5, 0.6) is 5.75 Å². The van der Waals surface area contributed by atoms with Gasteiger partial charge in [0.05, 0.1) is 8.95 Å². The Morgan fingerprint density at radius 3 is 2.30 bits per heavy atom. The number of carbonyl (C=O) groups is 1. The second-order valence-electron chi connectivity index (χ2n) is 5.08. The molecular formula is C14H20Br2N2O2. The number of nitrogens with two attached hydrogens (primary N) is 1. The molecule has 0 aliphatic carbocycles. The van der Waals surface area contributed by atoms with Crippen LogP contribution in [0.4, 0.5) is 0 Å². The summed E-state index contributed by atoms with van der Waals surface area (Å²) in [4.78, 5) is 11.1. The van der Waals surface area contributed by atoms with Crippen LogP contribution in [-0.4, -0.2) is 18.6 Å². The lowest BCUT2D eigenvalue weighted by Gasteiger charge is -2.16. The molecule has 0 radical (unpaired) electrons. The Labute approximate surface area is 136 Å². The summed E-state index contributed by atoms with van der Waals surface area (Å²) < 4.78 is 7.13. The van der Waals surface area contributed by atoms with E-state index in [0.717, 1.165) is 27.6 Å². The van der Waals surface area contributed by atoms with Gasteiger partial charge in [0.25, 0.3) is 5.91 Å². The Balaban J connectivity index is 2.78. The van der Waals surface area contributed by atoms with Crippen molar-refractivity contribution in [1.82, 2.24) is 5.32 Å². The Bertz CT molecular complexity index is 455. The lowest BCUT2D eigenvalue weighted by Crippen LogP contribution is -2.30. The lowest BCUT2D eigenvalue weighted by molar-refractivity contribution is -0.124. The van der Waals surface area contributed by atoms with Crippen LogP contribution in [0.25, 0.3) is 0 Å². The van der Waals surface area contributed by atoms with Crippen LogP contribution in [0, 0.1) is 5.92 Å². The van der Waals surface area contributed by atoms with Crippen molar-refractivity contribution in [2.24, 2.45) is 11.7 Å². The standard InChI is InChI=1S/C14H20Br2N2O2/c1-8(2)6-18-7-10-4-11(15)13(12(16)5-10)20-9(3)14(17)19/h4-5,8-9,18H,6-7H2,1-3H3,(H2,17,19). The second kappa shape index (κ2) is 8.00. The number of benzene rings is 1. The quantitative estimate of drug-likeness (QED) is 0.729. The maximum atomic E-state index is 11.1. The molecule has 0 aliphatic heterocycles. The Morgan fingerprint density at radius 2 is 1.85 bits per heavy atom. The van der Waals surface area contributed by atoms with E-state index in [9.17, 15) is 4.79 Å². The third-order valence-electron chi connectivity index (χ3n) is 2.64. The lowest BCUT2D eigenvalue weighted by atomic mass is 10.2. The van der Waals surface area contributed by atoms with Crippen molar-refractivity contribution >= 4 is 37.8 Å². The van der Waals surface area contributed by atoms with Gasteiger partial charge in [0.1, 0.15) is 5.75 Å². The average Bonchev–Trinajstić information content (AvgIpc) is 2.32. The first-order valence-electron chi connectivity index (χ1n) is 6.45. The highest BCUT2D eigenvalue weighted by molar-refractivity contribution is 9.11. The number of hydrogen-bond acceptors (Lipinski definition) is 3. The molecule has 1 aromatic carbocycles. The van der Waals surface area contributed by atoms with E-state index in [1.807, 2.05) is 12.1 Å². The molecule has 0 saturated carbocycles. The van der Waals surface area contributed by atoms with Gasteiger partial charge in [-0.1, -0.05) is 13.8 Å². The zero-order valence-electron chi connectivity index (χ0n) is 11.9. The molecule has 1 aromatic rings. The first kappa shape index (κ1) is 17.5. The molecule has 0 aliphatic rings. The normalized spacial score (nSPS) is 12.5. The molecule has 0 bridgehead atoms. The number of rotatable bonds is 7. The van der Waals surface area contributed by atoms with Crippen molar-refractivity contribution in [3.05, 3.63) is 26.6 Å². The van der Waals surface area contributed by atoms with E-state index in [1.54, 1.807) is 6.92 Å². The Hall–Kier alpha value is -0.590. The maximum Gasteiger partial charge on any atom is 0.258 e. The molecule has 4 nitrogen and oxygen atoms in total. The molecule has 0 aromatic heterocycles. The summed E-state index contributed by atoms with van der Waals surface area (Å²) in [6.45, 7) is 7.70. The zero-order chi connectivity index (χ0) is 15.3. The van der Waals surface area contributed by atoms with E-state index in [0.29, 0.717) is 11.7 Å². The van der Waals surface area contributed by atoms with Gasteiger partial charge in [-0.05, 0) is 68.9 Å². The van der Waals surface area contributed by atoms with Crippen molar-refractivity contribution in [2.45, 2.75) is 33.4 Å². The predicted molar refractivity (Wildman–Crippen MR) is 87.7 cm³/mol. The summed E-state index contributed by atoms with van der Waals surface area (Å²) in [5.41, 5.74) is 6.33. The molecule has 0 heterocycles. The second-order valence-corrected chi connectivity index (χ2v) is 6.78. The number of amides is 1. The minimum atomic E-state index is -0.674.